The number of hydrogen-bond donors (Lipinski definition) is 1. The van der Waals surface area contributed by atoms with Gasteiger partial charge in [0, 0.05) is 38.1 Å². The summed E-state index contributed by atoms with van der Waals surface area (Å²) in [6, 6.07) is 6.49. The average molecular weight is 333 g/mol. The van der Waals surface area contributed by atoms with Gasteiger partial charge in [0.05, 0.1) is 4.47 Å². The highest BCUT2D eigenvalue weighted by Gasteiger charge is 2.15. The lowest BCUT2D eigenvalue weighted by atomic mass is 9.99. The molecule has 104 valence electrons. The second kappa shape index (κ2) is 5.40. The van der Waals surface area contributed by atoms with Crippen LogP contribution in [-0.4, -0.2) is 30.6 Å². The van der Waals surface area contributed by atoms with E-state index in [2.05, 4.69) is 61.4 Å². The number of nitrogens with zero attached hydrogens (tertiary/aromatic N) is 3. The van der Waals surface area contributed by atoms with Crippen molar-refractivity contribution in [1.82, 2.24) is 9.97 Å². The molecule has 20 heavy (non-hydrogen) atoms. The van der Waals surface area contributed by atoms with Gasteiger partial charge in [-0.1, -0.05) is 0 Å². The fraction of sp³-hybridized carbons (Fsp3) is 0.333. The summed E-state index contributed by atoms with van der Waals surface area (Å²) in [5, 5.41) is 3.07. The van der Waals surface area contributed by atoms with Crippen LogP contribution in [0, 0.1) is 0 Å². The van der Waals surface area contributed by atoms with Crippen molar-refractivity contribution in [2.24, 2.45) is 0 Å². The molecule has 0 fully saturated rings. The highest BCUT2D eigenvalue weighted by Crippen LogP contribution is 2.30. The molecule has 0 spiro atoms. The van der Waals surface area contributed by atoms with Gasteiger partial charge in [-0.25, -0.2) is 9.97 Å². The molecule has 0 aliphatic carbocycles. The molecule has 1 aliphatic rings. The molecule has 1 aliphatic heterocycles. The molecule has 0 radical (unpaired) electrons. The minimum atomic E-state index is 0.758. The highest BCUT2D eigenvalue weighted by atomic mass is 79.9. The molecule has 0 amide bonds. The van der Waals surface area contributed by atoms with Crippen LogP contribution < -0.4 is 10.2 Å². The Morgan fingerprint density at radius 3 is 3.00 bits per heavy atom. The Bertz CT molecular complexity index is 642. The van der Waals surface area contributed by atoms with Gasteiger partial charge in [0.2, 0.25) is 0 Å². The van der Waals surface area contributed by atoms with E-state index >= 15 is 0 Å². The van der Waals surface area contributed by atoms with Gasteiger partial charge in [0.1, 0.15) is 5.82 Å². The predicted molar refractivity (Wildman–Crippen MR) is 86.3 cm³/mol. The van der Waals surface area contributed by atoms with Gasteiger partial charge in [-0.15, -0.1) is 0 Å². The van der Waals surface area contributed by atoms with Gasteiger partial charge in [0.15, 0.2) is 5.82 Å². The Labute approximate surface area is 127 Å². The number of anilines is 2. The number of rotatable bonds is 2. The first-order chi connectivity index (χ1) is 9.69. The first-order valence-electron chi connectivity index (χ1n) is 6.74. The van der Waals surface area contributed by atoms with Crippen LogP contribution >= 0.6 is 15.9 Å². The topological polar surface area (TPSA) is 41.1 Å². The zero-order chi connectivity index (χ0) is 14.1. The van der Waals surface area contributed by atoms with Crippen LogP contribution in [0.25, 0.3) is 11.4 Å². The third-order valence-electron chi connectivity index (χ3n) is 3.67. The number of halogens is 1. The van der Waals surface area contributed by atoms with Crippen molar-refractivity contribution >= 4 is 27.4 Å². The second-order valence-electron chi connectivity index (χ2n) is 5.01. The van der Waals surface area contributed by atoms with Crippen molar-refractivity contribution < 1.29 is 0 Å². The Balaban J connectivity index is 2.02. The van der Waals surface area contributed by atoms with Crippen LogP contribution in [0.5, 0.6) is 0 Å². The molecule has 2 aromatic rings. The Morgan fingerprint density at radius 1 is 1.35 bits per heavy atom. The summed E-state index contributed by atoms with van der Waals surface area (Å²) >= 11 is 3.44. The van der Waals surface area contributed by atoms with E-state index in [1.807, 2.05) is 7.05 Å². The van der Waals surface area contributed by atoms with Gasteiger partial charge in [-0.3, -0.25) is 0 Å². The molecule has 2 heterocycles. The third-order valence-corrected chi connectivity index (χ3v) is 4.25. The Morgan fingerprint density at radius 2 is 2.20 bits per heavy atom. The average Bonchev–Trinajstić information content (AvgIpc) is 2.47. The molecule has 0 unspecified atom stereocenters. The van der Waals surface area contributed by atoms with Crippen molar-refractivity contribution in [3.8, 4) is 11.4 Å². The minimum absolute atomic E-state index is 0.758. The number of hydrogen-bond acceptors (Lipinski definition) is 4. The SMILES string of the molecule is CNc1nc(-c2ccc3c(c2)CCCN3C)ncc1Br. The zero-order valence-corrected chi connectivity index (χ0v) is 13.2. The van der Waals surface area contributed by atoms with Crippen LogP contribution in [0.15, 0.2) is 28.9 Å². The van der Waals surface area contributed by atoms with E-state index < -0.39 is 0 Å². The van der Waals surface area contributed by atoms with Crippen LogP contribution in [0.4, 0.5) is 11.5 Å². The fourth-order valence-corrected chi connectivity index (χ4v) is 3.00. The molecular weight excluding hydrogens is 316 g/mol. The molecule has 0 saturated carbocycles. The number of nitrogens with one attached hydrogen (secondary N) is 1. The lowest BCUT2D eigenvalue weighted by molar-refractivity contribution is 0.744. The normalized spacial score (nSPS) is 14.1. The van der Waals surface area contributed by atoms with Gasteiger partial charge in [0.25, 0.3) is 0 Å². The van der Waals surface area contributed by atoms with E-state index in [1.165, 1.54) is 17.7 Å². The summed E-state index contributed by atoms with van der Waals surface area (Å²) in [5.74, 6) is 1.57. The summed E-state index contributed by atoms with van der Waals surface area (Å²) in [4.78, 5) is 11.3. The molecular formula is C15H17BrN4. The van der Waals surface area contributed by atoms with Crippen LogP contribution in [-0.2, 0) is 6.42 Å². The van der Waals surface area contributed by atoms with Crippen molar-refractivity contribution in [1.29, 1.82) is 0 Å². The molecule has 0 atom stereocenters. The van der Waals surface area contributed by atoms with Crippen LogP contribution in [0.2, 0.25) is 0 Å². The number of benzene rings is 1. The molecule has 0 saturated heterocycles. The van der Waals surface area contributed by atoms with E-state index in [1.54, 1.807) is 6.20 Å². The van der Waals surface area contributed by atoms with Crippen molar-refractivity contribution in [3.63, 3.8) is 0 Å². The van der Waals surface area contributed by atoms with Gasteiger partial charge >= 0.3 is 0 Å². The van der Waals surface area contributed by atoms with Gasteiger partial charge in [-0.05, 0) is 52.5 Å². The molecule has 3 rings (SSSR count). The lowest BCUT2D eigenvalue weighted by Gasteiger charge is -2.27. The lowest BCUT2D eigenvalue weighted by Crippen LogP contribution is -2.24. The summed E-state index contributed by atoms with van der Waals surface area (Å²) in [6.45, 7) is 1.13. The highest BCUT2D eigenvalue weighted by molar-refractivity contribution is 9.10. The quantitative estimate of drug-likeness (QED) is 0.915. The first-order valence-corrected chi connectivity index (χ1v) is 7.53. The molecule has 5 heteroatoms. The maximum absolute atomic E-state index is 4.55. The van der Waals surface area contributed by atoms with E-state index in [9.17, 15) is 0 Å². The molecule has 4 nitrogen and oxygen atoms in total. The largest absolute Gasteiger partial charge is 0.374 e. The smallest absolute Gasteiger partial charge is 0.161 e. The predicted octanol–water partition coefficient (Wildman–Crippen LogP) is 3.33. The monoisotopic (exact) mass is 332 g/mol. The van der Waals surface area contributed by atoms with Crippen molar-refractivity contribution in [2.45, 2.75) is 12.8 Å². The van der Waals surface area contributed by atoms with E-state index in [-0.39, 0.29) is 0 Å². The number of fused-ring (bicyclic) bond motifs is 1. The minimum Gasteiger partial charge on any atom is -0.374 e. The molecule has 1 aromatic carbocycles. The third kappa shape index (κ3) is 2.38. The summed E-state index contributed by atoms with van der Waals surface area (Å²) in [5.41, 5.74) is 3.78. The summed E-state index contributed by atoms with van der Waals surface area (Å²) in [7, 11) is 4.01. The van der Waals surface area contributed by atoms with E-state index in [0.717, 1.165) is 34.6 Å². The van der Waals surface area contributed by atoms with Crippen molar-refractivity contribution in [2.75, 3.05) is 30.9 Å². The van der Waals surface area contributed by atoms with Gasteiger partial charge in [-0.2, -0.15) is 0 Å². The summed E-state index contributed by atoms with van der Waals surface area (Å²) < 4.78 is 0.876. The molecule has 0 bridgehead atoms. The Hall–Kier alpha value is -1.62. The van der Waals surface area contributed by atoms with E-state index in [0.29, 0.717) is 0 Å². The zero-order valence-electron chi connectivity index (χ0n) is 11.7. The Kier molecular flexibility index (Phi) is 3.61. The van der Waals surface area contributed by atoms with Crippen LogP contribution in [0.3, 0.4) is 0 Å². The van der Waals surface area contributed by atoms with Crippen LogP contribution in [0.1, 0.15) is 12.0 Å². The summed E-state index contributed by atoms with van der Waals surface area (Å²) in [6.07, 6.45) is 4.12. The maximum atomic E-state index is 4.55. The molecule has 1 N–H and O–H groups in total. The maximum Gasteiger partial charge on any atom is 0.161 e. The standard InChI is InChI=1S/C15H17BrN4/c1-17-15-12(16)9-18-14(19-15)11-5-6-13-10(8-11)4-3-7-20(13)2/h5-6,8-9H,3-4,7H2,1-2H3,(H,17,18,19). The van der Waals surface area contributed by atoms with Gasteiger partial charge < -0.3 is 10.2 Å². The number of aromatic nitrogens is 2. The fourth-order valence-electron chi connectivity index (χ4n) is 2.61. The van der Waals surface area contributed by atoms with Crippen molar-refractivity contribution in [3.05, 3.63) is 34.4 Å². The number of aryl methyl sites for hydroxylation is 1. The molecule has 1 aromatic heterocycles. The van der Waals surface area contributed by atoms with E-state index in [4.69, 9.17) is 0 Å². The first kappa shape index (κ1) is 13.4. The second-order valence-corrected chi connectivity index (χ2v) is 5.86.